The number of benzene rings is 2. The third-order valence-corrected chi connectivity index (χ3v) is 3.63. The first-order valence-electron chi connectivity index (χ1n) is 7.89. The van der Waals surface area contributed by atoms with Crippen LogP contribution in [0.4, 0.5) is 4.39 Å². The van der Waals surface area contributed by atoms with Gasteiger partial charge in [0.25, 0.3) is 5.91 Å². The predicted molar refractivity (Wildman–Crippen MR) is 96.0 cm³/mol. The number of amides is 1. The minimum absolute atomic E-state index is 0.228. The molecule has 0 radical (unpaired) electrons. The van der Waals surface area contributed by atoms with Gasteiger partial charge in [-0.15, -0.1) is 0 Å². The molecular formula is C19H21FN2O4. The lowest BCUT2D eigenvalue weighted by Crippen LogP contribution is -2.29. The monoisotopic (exact) mass is 360 g/mol. The third-order valence-electron chi connectivity index (χ3n) is 3.63. The maximum absolute atomic E-state index is 13.2. The summed E-state index contributed by atoms with van der Waals surface area (Å²) in [5, 5.41) is 3.80. The molecule has 0 N–H and O–H groups in total. The number of halogens is 1. The van der Waals surface area contributed by atoms with Crippen molar-refractivity contribution in [2.24, 2.45) is 5.16 Å². The van der Waals surface area contributed by atoms with E-state index in [1.54, 1.807) is 51.6 Å². The fourth-order valence-corrected chi connectivity index (χ4v) is 2.23. The second-order valence-electron chi connectivity index (χ2n) is 5.50. The first kappa shape index (κ1) is 19.2. The lowest BCUT2D eigenvalue weighted by atomic mass is 10.2. The first-order chi connectivity index (χ1) is 12.5. The second kappa shape index (κ2) is 9.41. The van der Waals surface area contributed by atoms with E-state index in [1.165, 1.54) is 23.2 Å². The molecular weight excluding hydrogens is 339 g/mol. The Morgan fingerprint density at radius 1 is 1.19 bits per heavy atom. The number of ether oxygens (including phenoxy) is 2. The van der Waals surface area contributed by atoms with Crippen molar-refractivity contribution < 1.29 is 23.5 Å². The molecule has 7 heteroatoms. The third kappa shape index (κ3) is 5.47. The number of nitrogens with zero attached hydrogens (tertiary/aromatic N) is 2. The lowest BCUT2D eigenvalue weighted by molar-refractivity contribution is -0.135. The Morgan fingerprint density at radius 3 is 2.69 bits per heavy atom. The maximum atomic E-state index is 13.2. The van der Waals surface area contributed by atoms with Crippen molar-refractivity contribution in [2.45, 2.75) is 6.54 Å². The number of methoxy groups -OCH3 is 2. The van der Waals surface area contributed by atoms with Crippen molar-refractivity contribution in [3.8, 4) is 11.5 Å². The van der Waals surface area contributed by atoms with Gasteiger partial charge in [-0.2, -0.15) is 0 Å². The molecule has 0 unspecified atom stereocenters. The molecule has 138 valence electrons. The van der Waals surface area contributed by atoms with Crippen LogP contribution in [0.1, 0.15) is 11.1 Å². The topological polar surface area (TPSA) is 60.4 Å². The van der Waals surface area contributed by atoms with Crippen LogP contribution in [0.15, 0.2) is 47.6 Å². The molecule has 0 aliphatic heterocycles. The van der Waals surface area contributed by atoms with Crippen LogP contribution in [-0.2, 0) is 16.2 Å². The zero-order valence-electron chi connectivity index (χ0n) is 14.9. The normalized spacial score (nSPS) is 10.6. The molecule has 2 rings (SSSR count). The van der Waals surface area contributed by atoms with Crippen LogP contribution in [0.3, 0.4) is 0 Å². The molecule has 0 spiro atoms. The summed E-state index contributed by atoms with van der Waals surface area (Å²) in [6, 6.07) is 11.4. The zero-order chi connectivity index (χ0) is 18.9. The van der Waals surface area contributed by atoms with Crippen LogP contribution in [-0.4, -0.2) is 44.9 Å². The van der Waals surface area contributed by atoms with E-state index in [0.29, 0.717) is 22.6 Å². The summed E-state index contributed by atoms with van der Waals surface area (Å²) in [5.41, 5.74) is 1.36. The van der Waals surface area contributed by atoms with E-state index in [9.17, 15) is 9.18 Å². The Kier molecular flexibility index (Phi) is 6.96. The summed E-state index contributed by atoms with van der Waals surface area (Å²) in [5.74, 6) is 0.645. The first-order valence-corrected chi connectivity index (χ1v) is 7.89. The molecule has 2 aromatic rings. The molecule has 0 bridgehead atoms. The summed E-state index contributed by atoms with van der Waals surface area (Å²) >= 11 is 0. The summed E-state index contributed by atoms with van der Waals surface area (Å²) in [4.78, 5) is 18.6. The largest absolute Gasteiger partial charge is 0.497 e. The van der Waals surface area contributed by atoms with Gasteiger partial charge in [-0.3, -0.25) is 4.79 Å². The van der Waals surface area contributed by atoms with Gasteiger partial charge in [0.2, 0.25) is 0 Å². The van der Waals surface area contributed by atoms with Crippen LogP contribution in [0.5, 0.6) is 11.5 Å². The average Bonchev–Trinajstić information content (AvgIpc) is 2.64. The van der Waals surface area contributed by atoms with Gasteiger partial charge in [0.15, 0.2) is 6.61 Å². The number of carbonyl (C=O) groups is 1. The van der Waals surface area contributed by atoms with Gasteiger partial charge in [-0.05, 0) is 35.9 Å². The molecule has 0 aromatic heterocycles. The smallest absolute Gasteiger partial charge is 0.263 e. The second-order valence-corrected chi connectivity index (χ2v) is 5.50. The molecule has 0 fully saturated rings. The number of likely N-dealkylation sites (N-methyl/N-ethyl adjacent to an activating group) is 1. The molecule has 0 atom stereocenters. The highest BCUT2D eigenvalue weighted by Crippen LogP contribution is 2.22. The molecule has 0 saturated carbocycles. The molecule has 0 aliphatic carbocycles. The van der Waals surface area contributed by atoms with Gasteiger partial charge in [0.1, 0.15) is 17.3 Å². The molecule has 2 aromatic carbocycles. The van der Waals surface area contributed by atoms with Crippen molar-refractivity contribution in [3.05, 3.63) is 59.4 Å². The number of oxime groups is 1. The summed E-state index contributed by atoms with van der Waals surface area (Å²) in [6.07, 6.45) is 1.45. The SMILES string of the molecule is COc1ccc(OC)c(/C=N/OCC(=O)N(C)Cc2cccc(F)c2)c1. The molecule has 26 heavy (non-hydrogen) atoms. The van der Waals surface area contributed by atoms with E-state index in [-0.39, 0.29) is 24.9 Å². The van der Waals surface area contributed by atoms with Crippen LogP contribution in [0.25, 0.3) is 0 Å². The summed E-state index contributed by atoms with van der Waals surface area (Å²) in [6.45, 7) is 0.0575. The number of hydrogen-bond acceptors (Lipinski definition) is 5. The Morgan fingerprint density at radius 2 is 2.00 bits per heavy atom. The van der Waals surface area contributed by atoms with Crippen molar-refractivity contribution in [1.82, 2.24) is 4.90 Å². The zero-order valence-corrected chi connectivity index (χ0v) is 14.9. The van der Waals surface area contributed by atoms with Crippen molar-refractivity contribution >= 4 is 12.1 Å². The Balaban J connectivity index is 1.88. The van der Waals surface area contributed by atoms with Gasteiger partial charge >= 0.3 is 0 Å². The van der Waals surface area contributed by atoms with Crippen molar-refractivity contribution in [3.63, 3.8) is 0 Å². The molecule has 6 nitrogen and oxygen atoms in total. The molecule has 1 amide bonds. The average molecular weight is 360 g/mol. The van der Waals surface area contributed by atoms with Crippen LogP contribution >= 0.6 is 0 Å². The Bertz CT molecular complexity index is 780. The van der Waals surface area contributed by atoms with E-state index in [4.69, 9.17) is 14.3 Å². The Labute approximate surface area is 151 Å². The number of hydrogen-bond donors (Lipinski definition) is 0. The highest BCUT2D eigenvalue weighted by molar-refractivity contribution is 5.84. The van der Waals surface area contributed by atoms with Gasteiger partial charge in [0.05, 0.1) is 20.4 Å². The molecule has 0 heterocycles. The minimum Gasteiger partial charge on any atom is -0.497 e. The maximum Gasteiger partial charge on any atom is 0.263 e. The minimum atomic E-state index is -0.337. The van der Waals surface area contributed by atoms with E-state index >= 15 is 0 Å². The Hall–Kier alpha value is -3.09. The van der Waals surface area contributed by atoms with Gasteiger partial charge in [-0.25, -0.2) is 4.39 Å². The van der Waals surface area contributed by atoms with Crippen LogP contribution in [0.2, 0.25) is 0 Å². The summed E-state index contributed by atoms with van der Waals surface area (Å²) in [7, 11) is 4.72. The van der Waals surface area contributed by atoms with E-state index < -0.39 is 0 Å². The standard InChI is InChI=1S/C19H21FN2O4/c1-22(12-14-5-4-6-16(20)9-14)19(23)13-26-21-11-15-10-17(24-2)7-8-18(15)25-3/h4-11H,12-13H2,1-3H3/b21-11+. The van der Waals surface area contributed by atoms with Crippen molar-refractivity contribution in [1.29, 1.82) is 0 Å². The van der Waals surface area contributed by atoms with Gasteiger partial charge in [0, 0.05) is 19.2 Å². The molecule has 0 saturated heterocycles. The highest BCUT2D eigenvalue weighted by Gasteiger charge is 2.10. The number of carbonyl (C=O) groups excluding carboxylic acids is 1. The highest BCUT2D eigenvalue weighted by atomic mass is 19.1. The van der Waals surface area contributed by atoms with Crippen LogP contribution < -0.4 is 9.47 Å². The molecule has 0 aliphatic rings. The van der Waals surface area contributed by atoms with Gasteiger partial charge < -0.3 is 19.2 Å². The van der Waals surface area contributed by atoms with E-state index in [2.05, 4.69) is 5.16 Å². The number of rotatable bonds is 8. The van der Waals surface area contributed by atoms with Crippen molar-refractivity contribution in [2.75, 3.05) is 27.9 Å². The van der Waals surface area contributed by atoms with E-state index in [1.807, 2.05) is 0 Å². The fraction of sp³-hybridized carbons (Fsp3) is 0.263. The van der Waals surface area contributed by atoms with Crippen LogP contribution in [0, 0.1) is 5.82 Å². The predicted octanol–water partition coefficient (Wildman–Crippen LogP) is 2.85. The fourth-order valence-electron chi connectivity index (χ4n) is 2.23. The summed E-state index contributed by atoms with van der Waals surface area (Å²) < 4.78 is 23.6. The van der Waals surface area contributed by atoms with Gasteiger partial charge in [-0.1, -0.05) is 17.3 Å². The quantitative estimate of drug-likeness (QED) is 0.536. The lowest BCUT2D eigenvalue weighted by Gasteiger charge is -2.16. The van der Waals surface area contributed by atoms with E-state index in [0.717, 1.165) is 0 Å².